The fraction of sp³-hybridized carbons (Fsp3) is 0.111. The van der Waals surface area contributed by atoms with E-state index in [4.69, 9.17) is 0 Å². The number of fused-ring (bicyclic) bond motifs is 1. The summed E-state index contributed by atoms with van der Waals surface area (Å²) in [5, 5.41) is 3.79. The third-order valence-electron chi connectivity index (χ3n) is 3.70. The van der Waals surface area contributed by atoms with Crippen LogP contribution < -0.4 is 15.8 Å². The van der Waals surface area contributed by atoms with Crippen molar-refractivity contribution >= 4 is 40.3 Å². The first-order valence-corrected chi connectivity index (χ1v) is 7.85. The summed E-state index contributed by atoms with van der Waals surface area (Å²) < 4.78 is 0. The molecule has 0 bridgehead atoms. The second-order valence-electron chi connectivity index (χ2n) is 5.67. The number of hydrazine groups is 1. The Morgan fingerprint density at radius 2 is 1.81 bits per heavy atom. The van der Waals surface area contributed by atoms with Crippen LogP contribution in [-0.2, 0) is 9.59 Å². The zero-order valence-electron chi connectivity index (χ0n) is 14.2. The van der Waals surface area contributed by atoms with Gasteiger partial charge in [-0.25, -0.2) is 4.98 Å². The molecule has 0 aliphatic carbocycles. The van der Waals surface area contributed by atoms with Gasteiger partial charge in [-0.15, -0.1) is 0 Å². The van der Waals surface area contributed by atoms with Crippen molar-refractivity contribution in [3.8, 4) is 0 Å². The number of aromatic amines is 1. The Labute approximate surface area is 149 Å². The number of Topliss-reactive ketones (excluding diaryl/α,β-unsaturated/α-hetero) is 1. The molecule has 8 nitrogen and oxygen atoms in total. The zero-order chi connectivity index (χ0) is 18.7. The second-order valence-corrected chi connectivity index (χ2v) is 5.67. The van der Waals surface area contributed by atoms with Crippen LogP contribution in [0.1, 0.15) is 17.3 Å². The Hall–Kier alpha value is -3.68. The van der Waals surface area contributed by atoms with Crippen LogP contribution >= 0.6 is 0 Å². The summed E-state index contributed by atoms with van der Waals surface area (Å²) in [4.78, 5) is 42.9. The van der Waals surface area contributed by atoms with E-state index in [-0.39, 0.29) is 5.78 Å². The van der Waals surface area contributed by atoms with Gasteiger partial charge in [-0.2, -0.15) is 0 Å². The van der Waals surface area contributed by atoms with E-state index in [0.29, 0.717) is 17.2 Å². The number of hydrogen-bond acceptors (Lipinski definition) is 5. The van der Waals surface area contributed by atoms with E-state index in [1.54, 1.807) is 25.2 Å². The van der Waals surface area contributed by atoms with E-state index in [9.17, 15) is 14.4 Å². The first-order chi connectivity index (χ1) is 12.4. The molecule has 0 fully saturated rings. The van der Waals surface area contributed by atoms with Crippen molar-refractivity contribution in [2.24, 2.45) is 0 Å². The van der Waals surface area contributed by atoms with E-state index >= 15 is 0 Å². The fourth-order valence-electron chi connectivity index (χ4n) is 2.36. The normalized spacial score (nSPS) is 10.4. The summed E-state index contributed by atoms with van der Waals surface area (Å²) in [6.45, 7) is 1.43. The fourth-order valence-corrected chi connectivity index (χ4v) is 2.36. The van der Waals surface area contributed by atoms with Crippen LogP contribution in [0.25, 0.3) is 11.0 Å². The van der Waals surface area contributed by atoms with Crippen LogP contribution in [0.5, 0.6) is 0 Å². The molecule has 8 heteroatoms. The number of aromatic nitrogens is 2. The molecule has 0 aliphatic rings. The minimum absolute atomic E-state index is 0.129. The van der Waals surface area contributed by atoms with Crippen molar-refractivity contribution in [2.75, 3.05) is 17.4 Å². The maximum absolute atomic E-state index is 12.1. The summed E-state index contributed by atoms with van der Waals surface area (Å²) in [6.07, 6.45) is 0. The molecule has 3 rings (SSSR count). The van der Waals surface area contributed by atoms with Gasteiger partial charge >= 0.3 is 11.8 Å². The highest BCUT2D eigenvalue weighted by molar-refractivity contribution is 6.39. The number of H-pyrrole nitrogens is 1. The molecule has 2 amide bonds. The summed E-state index contributed by atoms with van der Waals surface area (Å²) in [5.74, 6) is -1.45. The molecule has 0 aliphatic heterocycles. The Morgan fingerprint density at radius 3 is 2.54 bits per heavy atom. The Morgan fingerprint density at radius 1 is 1.04 bits per heavy atom. The van der Waals surface area contributed by atoms with Crippen molar-refractivity contribution in [3.05, 3.63) is 54.1 Å². The Balaban J connectivity index is 1.66. The van der Waals surface area contributed by atoms with E-state index in [2.05, 4.69) is 20.7 Å². The first-order valence-electron chi connectivity index (χ1n) is 7.85. The molecule has 1 aromatic heterocycles. The first kappa shape index (κ1) is 17.2. The summed E-state index contributed by atoms with van der Waals surface area (Å²) >= 11 is 0. The predicted octanol–water partition coefficient (Wildman–Crippen LogP) is 1.87. The van der Waals surface area contributed by atoms with Crippen LogP contribution in [0.3, 0.4) is 0 Å². The minimum Gasteiger partial charge on any atom is -0.323 e. The molecule has 132 valence electrons. The zero-order valence-corrected chi connectivity index (χ0v) is 14.2. The lowest BCUT2D eigenvalue weighted by molar-refractivity contribution is -0.136. The van der Waals surface area contributed by atoms with Crippen LogP contribution in [0, 0.1) is 0 Å². The van der Waals surface area contributed by atoms with Gasteiger partial charge in [0.2, 0.25) is 5.95 Å². The molecule has 2 aromatic carbocycles. The molecule has 0 unspecified atom stereocenters. The third-order valence-corrected chi connectivity index (χ3v) is 3.70. The average Bonchev–Trinajstić information content (AvgIpc) is 3.06. The number of rotatable bonds is 4. The van der Waals surface area contributed by atoms with E-state index in [0.717, 1.165) is 11.0 Å². The molecular weight excluding hydrogens is 334 g/mol. The molecule has 0 atom stereocenters. The number of anilines is 2. The number of imidazole rings is 1. The van der Waals surface area contributed by atoms with Gasteiger partial charge in [0, 0.05) is 18.3 Å². The molecular formula is C18H17N5O3. The third kappa shape index (κ3) is 3.69. The lowest BCUT2D eigenvalue weighted by Gasteiger charge is -2.16. The van der Waals surface area contributed by atoms with Crippen LogP contribution in [0.4, 0.5) is 11.6 Å². The monoisotopic (exact) mass is 351 g/mol. The minimum atomic E-state index is -0.860. The maximum atomic E-state index is 12.1. The van der Waals surface area contributed by atoms with E-state index in [1.807, 2.05) is 24.3 Å². The number of para-hydroxylation sites is 2. The number of hydrogen-bond donors (Lipinski definition) is 3. The van der Waals surface area contributed by atoms with Gasteiger partial charge in [0.05, 0.1) is 11.0 Å². The second kappa shape index (κ2) is 7.06. The number of carbonyl (C=O) groups is 3. The van der Waals surface area contributed by atoms with Gasteiger partial charge in [0.25, 0.3) is 0 Å². The summed E-state index contributed by atoms with van der Waals surface area (Å²) in [5.41, 5.74) is 4.81. The van der Waals surface area contributed by atoms with Crippen molar-refractivity contribution in [1.29, 1.82) is 0 Å². The van der Waals surface area contributed by atoms with Crippen molar-refractivity contribution in [1.82, 2.24) is 15.4 Å². The standard InChI is InChI=1S/C18H17N5O3/c1-11(24)12-6-5-7-13(10-12)19-16(25)17(26)22-23(2)18-20-14-8-3-4-9-15(14)21-18/h3-10H,1-2H3,(H,19,25)(H,20,21)(H,22,26). The molecule has 0 radical (unpaired) electrons. The number of ketones is 1. The van der Waals surface area contributed by atoms with E-state index < -0.39 is 11.8 Å². The smallest absolute Gasteiger partial charge is 0.323 e. The van der Waals surface area contributed by atoms with Crippen LogP contribution in [0.2, 0.25) is 0 Å². The van der Waals surface area contributed by atoms with Crippen molar-refractivity contribution in [2.45, 2.75) is 6.92 Å². The van der Waals surface area contributed by atoms with E-state index in [1.165, 1.54) is 18.0 Å². The van der Waals surface area contributed by atoms with Crippen LogP contribution in [-0.4, -0.2) is 34.6 Å². The summed E-state index contributed by atoms with van der Waals surface area (Å²) in [7, 11) is 1.57. The average molecular weight is 351 g/mol. The van der Waals surface area contributed by atoms with Gasteiger partial charge in [-0.05, 0) is 31.2 Å². The lowest BCUT2D eigenvalue weighted by atomic mass is 10.1. The lowest BCUT2D eigenvalue weighted by Crippen LogP contribution is -2.45. The largest absolute Gasteiger partial charge is 0.328 e. The number of carbonyl (C=O) groups excluding carboxylic acids is 3. The predicted molar refractivity (Wildman–Crippen MR) is 97.7 cm³/mol. The van der Waals surface area contributed by atoms with Gasteiger partial charge < -0.3 is 10.3 Å². The van der Waals surface area contributed by atoms with Gasteiger partial charge in [0.15, 0.2) is 5.78 Å². The van der Waals surface area contributed by atoms with Gasteiger partial charge in [0.1, 0.15) is 0 Å². The molecule has 26 heavy (non-hydrogen) atoms. The van der Waals surface area contributed by atoms with Crippen molar-refractivity contribution in [3.63, 3.8) is 0 Å². The number of nitrogens with zero attached hydrogens (tertiary/aromatic N) is 2. The summed E-state index contributed by atoms with van der Waals surface area (Å²) in [6, 6.07) is 13.8. The topological polar surface area (TPSA) is 107 Å². The molecule has 3 N–H and O–H groups in total. The molecule has 3 aromatic rings. The SMILES string of the molecule is CC(=O)c1cccc(NC(=O)C(=O)NN(C)c2nc3ccccc3[nH]2)c1. The quantitative estimate of drug-likeness (QED) is 0.378. The number of benzene rings is 2. The van der Waals surface area contributed by atoms with Gasteiger partial charge in [-0.3, -0.25) is 24.8 Å². The van der Waals surface area contributed by atoms with Crippen LogP contribution in [0.15, 0.2) is 48.5 Å². The highest BCUT2D eigenvalue weighted by Gasteiger charge is 2.17. The molecule has 1 heterocycles. The molecule has 0 saturated carbocycles. The Bertz CT molecular complexity index is 962. The Kier molecular flexibility index (Phi) is 4.66. The molecule has 0 spiro atoms. The number of amides is 2. The maximum Gasteiger partial charge on any atom is 0.328 e. The van der Waals surface area contributed by atoms with Crippen molar-refractivity contribution < 1.29 is 14.4 Å². The highest BCUT2D eigenvalue weighted by atomic mass is 16.2. The highest BCUT2D eigenvalue weighted by Crippen LogP contribution is 2.15. The van der Waals surface area contributed by atoms with Gasteiger partial charge in [-0.1, -0.05) is 24.3 Å². The molecule has 0 saturated heterocycles. The number of nitrogens with one attached hydrogen (secondary N) is 3.